The Morgan fingerprint density at radius 1 is 0.617 bits per heavy atom. The predicted octanol–water partition coefficient (Wildman–Crippen LogP) is 6.96. The van der Waals surface area contributed by atoms with Crippen LogP contribution in [0.1, 0.15) is 35.1 Å². The molecule has 12 heteroatoms. The predicted molar refractivity (Wildman–Crippen MR) is 201 cm³/mol. The van der Waals surface area contributed by atoms with E-state index in [4.69, 9.17) is 32.7 Å². The minimum Gasteiger partial charge on any atom is -0.383 e. The molecule has 0 bridgehead atoms. The van der Waals surface area contributed by atoms with Gasteiger partial charge >= 0.3 is 0 Å². The van der Waals surface area contributed by atoms with Gasteiger partial charge in [-0.2, -0.15) is 0 Å². The molecule has 10 nitrogen and oxygen atoms in total. The first kappa shape index (κ1) is 40.4. The van der Waals surface area contributed by atoms with Gasteiger partial charge in [0.25, 0.3) is 0 Å². The van der Waals surface area contributed by atoms with Crippen molar-refractivity contribution in [1.29, 1.82) is 0 Å². The molecule has 0 atom stereocenters. The summed E-state index contributed by atoms with van der Waals surface area (Å²) in [5.41, 5.74) is 3.84. The maximum Gasteiger partial charge on any atom is 0.118 e. The number of anilines is 2. The van der Waals surface area contributed by atoms with E-state index < -0.39 is 0 Å². The maximum atomic E-state index is 6.00. The summed E-state index contributed by atoms with van der Waals surface area (Å²) in [5.74, 6) is 0. The van der Waals surface area contributed by atoms with Gasteiger partial charge in [-0.3, -0.25) is 25.5 Å². The molecule has 0 amide bonds. The summed E-state index contributed by atoms with van der Waals surface area (Å²) in [6.45, 7) is 18.6. The van der Waals surface area contributed by atoms with Gasteiger partial charge in [-0.25, -0.2) is 0 Å². The van der Waals surface area contributed by atoms with Crippen LogP contribution in [0.2, 0.25) is 10.0 Å². The molecule has 0 radical (unpaired) electrons. The first-order valence-corrected chi connectivity index (χ1v) is 16.8. The topological polar surface area (TPSA) is 98.8 Å². The van der Waals surface area contributed by atoms with E-state index in [2.05, 4.69) is 68.7 Å². The highest BCUT2D eigenvalue weighted by molar-refractivity contribution is 6.31. The van der Waals surface area contributed by atoms with Crippen LogP contribution in [-0.4, -0.2) is 99.0 Å². The van der Waals surface area contributed by atoms with E-state index in [9.17, 15) is 0 Å². The molecule has 0 saturated heterocycles. The summed E-state index contributed by atoms with van der Waals surface area (Å²) in [6.07, 6.45) is 3.56. The zero-order valence-corrected chi connectivity index (χ0v) is 29.1. The molecule has 0 saturated carbocycles. The van der Waals surface area contributed by atoms with Crippen LogP contribution >= 0.6 is 23.2 Å². The second-order valence-corrected chi connectivity index (χ2v) is 11.3. The van der Waals surface area contributed by atoms with Crippen LogP contribution in [0.25, 0.3) is 21.8 Å². The lowest BCUT2D eigenvalue weighted by molar-refractivity contribution is 0.0251. The Bertz CT molecular complexity index is 1320. The van der Waals surface area contributed by atoms with Crippen molar-refractivity contribution in [3.63, 3.8) is 0 Å². The van der Waals surface area contributed by atoms with Crippen LogP contribution in [0.5, 0.6) is 0 Å². The Morgan fingerprint density at radius 3 is 1.72 bits per heavy atom. The summed E-state index contributed by atoms with van der Waals surface area (Å²) < 4.78 is 11.1. The molecule has 0 unspecified atom stereocenters. The molecular weight excluding hydrogens is 635 g/mol. The number of halogens is 2. The number of aromatic nitrogens is 2. The highest BCUT2D eigenvalue weighted by Crippen LogP contribution is 2.25. The number of nitrogens with one attached hydrogen (secondary N) is 4. The smallest absolute Gasteiger partial charge is 0.118 e. The molecule has 0 fully saturated rings. The number of likely N-dealkylation sites (N-methyl/N-ethyl adjacent to an activating group) is 1. The van der Waals surface area contributed by atoms with E-state index in [0.29, 0.717) is 37.0 Å². The van der Waals surface area contributed by atoms with Gasteiger partial charge in [0.05, 0.1) is 24.5 Å². The molecule has 4 aromatic rings. The molecule has 0 aliphatic rings. The molecule has 0 spiro atoms. The number of nitrogens with zero attached hydrogens (tertiary/aromatic N) is 4. The van der Waals surface area contributed by atoms with Crippen molar-refractivity contribution in [2.45, 2.75) is 35.1 Å². The lowest BCUT2D eigenvalue weighted by atomic mass is 10.2. The number of benzene rings is 2. The van der Waals surface area contributed by atoms with Crippen LogP contribution in [0.4, 0.5) is 11.4 Å². The SMILES string of the molecule is C.CCN(CC)CCNCOCNc1ccnc2cc(Cl)ccc12.CCN(CC)COCNCCNc1ccnc2cc(Cl)ccc12. The average Bonchev–Trinajstić information content (AvgIpc) is 3.07. The molecule has 2 aromatic carbocycles. The van der Waals surface area contributed by atoms with E-state index in [-0.39, 0.29) is 7.43 Å². The van der Waals surface area contributed by atoms with Crippen LogP contribution in [0, 0.1) is 0 Å². The number of fused-ring (bicyclic) bond motifs is 2. The van der Waals surface area contributed by atoms with E-state index >= 15 is 0 Å². The fraction of sp³-hybridized carbons (Fsp3) is 0.486. The van der Waals surface area contributed by atoms with Crippen LogP contribution in [-0.2, 0) is 9.47 Å². The summed E-state index contributed by atoms with van der Waals surface area (Å²) in [4.78, 5) is 13.3. The Morgan fingerprint density at radius 2 is 1.15 bits per heavy atom. The van der Waals surface area contributed by atoms with Crippen LogP contribution in [0.3, 0.4) is 0 Å². The monoisotopic (exact) mass is 688 g/mol. The molecule has 2 aromatic heterocycles. The zero-order chi connectivity index (χ0) is 33.0. The van der Waals surface area contributed by atoms with E-state index in [1.807, 2.05) is 48.5 Å². The lowest BCUT2D eigenvalue weighted by Crippen LogP contribution is -2.33. The average molecular weight is 690 g/mol. The number of hydrogen-bond acceptors (Lipinski definition) is 10. The Hall–Kier alpha value is -2.80. The zero-order valence-electron chi connectivity index (χ0n) is 27.6. The third-order valence-corrected chi connectivity index (χ3v) is 7.94. The first-order chi connectivity index (χ1) is 22.5. The normalized spacial score (nSPS) is 11.1. The standard InChI is InChI=1S/2C17H25ClN4O.CH4/c1-3-22(4-2)10-9-19-12-23-13-21-16-7-8-20-17-11-14(18)5-6-15(16)17;1-3-22(4-2)13-23-12-19-9-10-21-16-7-8-20-17-11-14(18)5-6-15(16)17;/h2*5-8,11,19H,3-4,9-10,12-13H2,1-2H3,(H,20,21);1H4. The number of pyridine rings is 2. The molecule has 260 valence electrons. The minimum atomic E-state index is 0. The number of hydrogen-bond donors (Lipinski definition) is 4. The minimum absolute atomic E-state index is 0. The Kier molecular flexibility index (Phi) is 20.2. The summed E-state index contributed by atoms with van der Waals surface area (Å²) >= 11 is 12.0. The van der Waals surface area contributed by atoms with Gasteiger partial charge < -0.3 is 25.0 Å². The number of ether oxygens (including phenoxy) is 2. The Balaban J connectivity index is 0.000000320. The molecule has 4 rings (SSSR count). The third kappa shape index (κ3) is 14.5. The van der Waals surface area contributed by atoms with Crippen molar-refractivity contribution in [3.8, 4) is 0 Å². The van der Waals surface area contributed by atoms with Crippen molar-refractivity contribution in [3.05, 3.63) is 71.0 Å². The molecule has 0 aliphatic carbocycles. The van der Waals surface area contributed by atoms with Crippen molar-refractivity contribution >= 4 is 56.4 Å². The van der Waals surface area contributed by atoms with Crippen molar-refractivity contribution in [2.24, 2.45) is 0 Å². The van der Waals surface area contributed by atoms with Gasteiger partial charge in [-0.15, -0.1) is 0 Å². The quantitative estimate of drug-likeness (QED) is 0.0576. The fourth-order valence-corrected chi connectivity index (χ4v) is 5.00. The van der Waals surface area contributed by atoms with Crippen LogP contribution in [0.15, 0.2) is 60.9 Å². The maximum absolute atomic E-state index is 6.00. The van der Waals surface area contributed by atoms with Gasteiger partial charge in [0, 0.05) is 70.8 Å². The number of rotatable bonds is 20. The first-order valence-electron chi connectivity index (χ1n) is 16.1. The second kappa shape index (κ2) is 23.5. The van der Waals surface area contributed by atoms with Gasteiger partial charge in [-0.1, -0.05) is 58.3 Å². The largest absolute Gasteiger partial charge is 0.383 e. The van der Waals surface area contributed by atoms with Crippen LogP contribution < -0.4 is 21.3 Å². The van der Waals surface area contributed by atoms with Gasteiger partial charge in [0.2, 0.25) is 0 Å². The fourth-order valence-electron chi connectivity index (χ4n) is 4.66. The molecular formula is C35H54Cl2N8O2. The third-order valence-electron chi connectivity index (χ3n) is 7.47. The summed E-state index contributed by atoms with van der Waals surface area (Å²) in [7, 11) is 0. The lowest BCUT2D eigenvalue weighted by Gasteiger charge is -2.18. The molecule has 4 N–H and O–H groups in total. The van der Waals surface area contributed by atoms with Crippen molar-refractivity contribution < 1.29 is 9.47 Å². The second-order valence-electron chi connectivity index (χ2n) is 10.4. The van der Waals surface area contributed by atoms with Gasteiger partial charge in [-0.05, 0) is 74.7 Å². The Labute approximate surface area is 291 Å². The van der Waals surface area contributed by atoms with E-state index in [1.54, 1.807) is 12.4 Å². The van der Waals surface area contributed by atoms with E-state index in [1.165, 1.54) is 0 Å². The van der Waals surface area contributed by atoms with Crippen molar-refractivity contribution in [2.75, 3.05) is 89.9 Å². The highest BCUT2D eigenvalue weighted by Gasteiger charge is 2.04. The van der Waals surface area contributed by atoms with Gasteiger partial charge in [0.1, 0.15) is 13.5 Å². The summed E-state index contributed by atoms with van der Waals surface area (Å²) in [5, 5.41) is 16.7. The van der Waals surface area contributed by atoms with Gasteiger partial charge in [0.15, 0.2) is 0 Å². The molecule has 47 heavy (non-hydrogen) atoms. The molecule has 2 heterocycles. The molecule has 0 aliphatic heterocycles. The highest BCUT2D eigenvalue weighted by atomic mass is 35.5. The summed E-state index contributed by atoms with van der Waals surface area (Å²) in [6, 6.07) is 15.4. The van der Waals surface area contributed by atoms with E-state index in [0.717, 1.165) is 85.5 Å². The van der Waals surface area contributed by atoms with Crippen molar-refractivity contribution in [1.82, 2.24) is 30.4 Å².